The van der Waals surface area contributed by atoms with E-state index in [1.54, 1.807) is 29.2 Å². The smallest absolute Gasteiger partial charge is 0.267 e. The van der Waals surface area contributed by atoms with Crippen molar-refractivity contribution in [2.75, 3.05) is 0 Å². The number of tetrazole rings is 1. The molecule has 0 aliphatic rings. The number of amides is 1. The van der Waals surface area contributed by atoms with Gasteiger partial charge in [-0.25, -0.2) is 10.1 Å². The summed E-state index contributed by atoms with van der Waals surface area (Å²) in [6.45, 7) is 1.81. The van der Waals surface area contributed by atoms with Gasteiger partial charge < -0.3 is 0 Å². The largest absolute Gasteiger partial charge is 0.271 e. The molecule has 1 N–H and O–H groups in total. The third-order valence-corrected chi connectivity index (χ3v) is 3.15. The number of hydrogen-bond acceptors (Lipinski definition) is 6. The van der Waals surface area contributed by atoms with Gasteiger partial charge in [0.25, 0.3) is 5.91 Å². The standard InChI is InChI=1S/C15H13N7O/c1-11(18-19-15(23)12-5-7-16-8-6-12)13-3-2-4-14(9-13)22-10-17-20-21-22/h2-10H,1H3,(H,19,23)/b18-11-. The molecule has 2 aromatic heterocycles. The van der Waals surface area contributed by atoms with Crippen LogP contribution in [0, 0.1) is 0 Å². The van der Waals surface area contributed by atoms with Gasteiger partial charge in [-0.2, -0.15) is 5.10 Å². The monoisotopic (exact) mass is 307 g/mol. The molecule has 0 aliphatic carbocycles. The van der Waals surface area contributed by atoms with E-state index in [-0.39, 0.29) is 5.91 Å². The number of benzene rings is 1. The van der Waals surface area contributed by atoms with Gasteiger partial charge in [-0.05, 0) is 47.2 Å². The molecular formula is C15H13N7O. The highest BCUT2D eigenvalue weighted by Crippen LogP contribution is 2.09. The molecular weight excluding hydrogens is 294 g/mol. The van der Waals surface area contributed by atoms with Crippen LogP contribution in [0.15, 0.2) is 60.2 Å². The lowest BCUT2D eigenvalue weighted by molar-refractivity contribution is 0.0954. The van der Waals surface area contributed by atoms with Crippen LogP contribution in [0.25, 0.3) is 5.69 Å². The second kappa shape index (κ2) is 6.56. The molecule has 8 heteroatoms. The summed E-state index contributed by atoms with van der Waals surface area (Å²) in [4.78, 5) is 15.8. The molecule has 1 amide bonds. The van der Waals surface area contributed by atoms with Crippen molar-refractivity contribution in [1.29, 1.82) is 0 Å². The Hall–Kier alpha value is -3.42. The number of hydrazone groups is 1. The molecule has 3 aromatic rings. The lowest BCUT2D eigenvalue weighted by Gasteiger charge is -2.05. The predicted molar refractivity (Wildman–Crippen MR) is 83.1 cm³/mol. The highest BCUT2D eigenvalue weighted by molar-refractivity contribution is 6.01. The Morgan fingerprint density at radius 2 is 2.00 bits per heavy atom. The van der Waals surface area contributed by atoms with E-state index in [0.29, 0.717) is 11.3 Å². The first kappa shape index (κ1) is 14.5. The van der Waals surface area contributed by atoms with E-state index in [9.17, 15) is 4.79 Å². The molecule has 0 fully saturated rings. The van der Waals surface area contributed by atoms with Crippen molar-refractivity contribution in [3.8, 4) is 5.69 Å². The number of carbonyl (C=O) groups excluding carboxylic acids is 1. The lowest BCUT2D eigenvalue weighted by atomic mass is 10.1. The van der Waals surface area contributed by atoms with Crippen molar-refractivity contribution in [3.05, 3.63) is 66.2 Å². The second-order valence-electron chi connectivity index (χ2n) is 4.68. The molecule has 0 saturated carbocycles. The zero-order valence-electron chi connectivity index (χ0n) is 12.3. The average molecular weight is 307 g/mol. The third kappa shape index (κ3) is 3.43. The summed E-state index contributed by atoms with van der Waals surface area (Å²) in [6.07, 6.45) is 4.62. The summed E-state index contributed by atoms with van der Waals surface area (Å²) < 4.78 is 1.55. The topological polar surface area (TPSA) is 98.0 Å². The fourth-order valence-electron chi connectivity index (χ4n) is 1.92. The maximum absolute atomic E-state index is 12.0. The van der Waals surface area contributed by atoms with Gasteiger partial charge in [0.1, 0.15) is 6.33 Å². The van der Waals surface area contributed by atoms with Gasteiger partial charge in [0.05, 0.1) is 11.4 Å². The van der Waals surface area contributed by atoms with Gasteiger partial charge in [0.15, 0.2) is 0 Å². The Bertz CT molecular complexity index is 828. The Morgan fingerprint density at radius 1 is 1.17 bits per heavy atom. The van der Waals surface area contributed by atoms with E-state index in [1.165, 1.54) is 6.33 Å². The molecule has 2 heterocycles. The van der Waals surface area contributed by atoms with E-state index in [4.69, 9.17) is 0 Å². The van der Waals surface area contributed by atoms with Crippen molar-refractivity contribution in [2.45, 2.75) is 6.92 Å². The van der Waals surface area contributed by atoms with E-state index in [0.717, 1.165) is 11.3 Å². The summed E-state index contributed by atoms with van der Waals surface area (Å²) in [6, 6.07) is 10.8. The van der Waals surface area contributed by atoms with Gasteiger partial charge in [0.2, 0.25) is 0 Å². The zero-order valence-corrected chi connectivity index (χ0v) is 12.3. The second-order valence-corrected chi connectivity index (χ2v) is 4.68. The van der Waals surface area contributed by atoms with Crippen LogP contribution in [-0.4, -0.2) is 36.8 Å². The number of carbonyl (C=O) groups is 1. The Morgan fingerprint density at radius 3 is 2.74 bits per heavy atom. The van der Waals surface area contributed by atoms with Crippen LogP contribution < -0.4 is 5.43 Å². The van der Waals surface area contributed by atoms with Crippen molar-refractivity contribution >= 4 is 11.6 Å². The van der Waals surface area contributed by atoms with Crippen LogP contribution in [0.5, 0.6) is 0 Å². The molecule has 0 unspecified atom stereocenters. The van der Waals surface area contributed by atoms with Crippen LogP contribution in [0.2, 0.25) is 0 Å². The van der Waals surface area contributed by atoms with Gasteiger partial charge >= 0.3 is 0 Å². The molecule has 0 spiro atoms. The molecule has 1 aromatic carbocycles. The van der Waals surface area contributed by atoms with Gasteiger partial charge in [-0.15, -0.1) is 5.10 Å². The number of aromatic nitrogens is 5. The molecule has 3 rings (SSSR count). The van der Waals surface area contributed by atoms with E-state index in [2.05, 4.69) is 31.0 Å². The van der Waals surface area contributed by atoms with Crippen LogP contribution in [0.3, 0.4) is 0 Å². The fraction of sp³-hybridized carbons (Fsp3) is 0.0667. The van der Waals surface area contributed by atoms with Crippen molar-refractivity contribution in [2.24, 2.45) is 5.10 Å². The molecule has 8 nitrogen and oxygen atoms in total. The van der Waals surface area contributed by atoms with Crippen LogP contribution >= 0.6 is 0 Å². The number of nitrogens with one attached hydrogen (secondary N) is 1. The van der Waals surface area contributed by atoms with Crippen LogP contribution in [0.4, 0.5) is 0 Å². The summed E-state index contributed by atoms with van der Waals surface area (Å²) >= 11 is 0. The van der Waals surface area contributed by atoms with Gasteiger partial charge in [0, 0.05) is 18.0 Å². The molecule has 0 bridgehead atoms. The molecule has 23 heavy (non-hydrogen) atoms. The summed E-state index contributed by atoms with van der Waals surface area (Å²) in [5, 5.41) is 15.2. The predicted octanol–water partition coefficient (Wildman–Crippen LogP) is 1.21. The van der Waals surface area contributed by atoms with Gasteiger partial charge in [-0.1, -0.05) is 12.1 Å². The maximum atomic E-state index is 12.0. The SMILES string of the molecule is C/C(=N/NC(=O)c1ccncc1)c1cccc(-n2cnnn2)c1. The Kier molecular flexibility index (Phi) is 4.14. The lowest BCUT2D eigenvalue weighted by Crippen LogP contribution is -2.19. The molecule has 0 radical (unpaired) electrons. The first-order valence-electron chi connectivity index (χ1n) is 6.82. The first-order chi connectivity index (χ1) is 11.2. The summed E-state index contributed by atoms with van der Waals surface area (Å²) in [7, 11) is 0. The molecule has 114 valence electrons. The highest BCUT2D eigenvalue weighted by Gasteiger charge is 2.05. The highest BCUT2D eigenvalue weighted by atomic mass is 16.2. The van der Waals surface area contributed by atoms with E-state index < -0.39 is 0 Å². The van der Waals surface area contributed by atoms with Crippen LogP contribution in [-0.2, 0) is 0 Å². The van der Waals surface area contributed by atoms with Gasteiger partial charge in [-0.3, -0.25) is 9.78 Å². The number of rotatable bonds is 4. The van der Waals surface area contributed by atoms with E-state index >= 15 is 0 Å². The van der Waals surface area contributed by atoms with Crippen molar-refractivity contribution in [3.63, 3.8) is 0 Å². The Labute approximate surface area is 131 Å². The minimum Gasteiger partial charge on any atom is -0.267 e. The quantitative estimate of drug-likeness (QED) is 0.577. The Balaban J connectivity index is 1.76. The van der Waals surface area contributed by atoms with Crippen molar-refractivity contribution in [1.82, 2.24) is 30.6 Å². The number of pyridine rings is 1. The normalized spacial score (nSPS) is 11.3. The maximum Gasteiger partial charge on any atom is 0.271 e. The van der Waals surface area contributed by atoms with E-state index in [1.807, 2.05) is 31.2 Å². The first-order valence-corrected chi connectivity index (χ1v) is 6.82. The molecule has 0 saturated heterocycles. The summed E-state index contributed by atoms with van der Waals surface area (Å²) in [5.74, 6) is -0.289. The fourth-order valence-corrected chi connectivity index (χ4v) is 1.92. The zero-order chi connectivity index (χ0) is 16.1. The minimum atomic E-state index is -0.289. The number of hydrogen-bond donors (Lipinski definition) is 1. The molecule has 0 atom stereocenters. The van der Waals surface area contributed by atoms with Crippen LogP contribution in [0.1, 0.15) is 22.8 Å². The number of nitrogens with zero attached hydrogens (tertiary/aromatic N) is 6. The summed E-state index contributed by atoms with van der Waals surface area (Å²) in [5.41, 5.74) is 5.36. The van der Waals surface area contributed by atoms with Crippen molar-refractivity contribution < 1.29 is 4.79 Å². The minimum absolute atomic E-state index is 0.289. The molecule has 0 aliphatic heterocycles. The average Bonchev–Trinajstić information content (AvgIpc) is 3.15. The third-order valence-electron chi connectivity index (χ3n) is 3.15.